The normalized spacial score (nSPS) is 14.2. The first kappa shape index (κ1) is 52.9. The average molecular weight is 842 g/mol. The molecule has 0 aromatic heterocycles. The van der Waals surface area contributed by atoms with E-state index in [0.29, 0.717) is 0 Å². The monoisotopic (exact) mass is 840 g/mol. The second kappa shape index (κ2) is 17.8. The van der Waals surface area contributed by atoms with Crippen LogP contribution in [0.3, 0.4) is 0 Å². The summed E-state index contributed by atoms with van der Waals surface area (Å²) in [6.45, 7) is 45.2. The molecule has 0 fully saturated rings. The van der Waals surface area contributed by atoms with Gasteiger partial charge in [-0.15, -0.1) is 0 Å². The van der Waals surface area contributed by atoms with Crippen LogP contribution in [0, 0.1) is 6.08 Å². The molecule has 1 aliphatic rings. The molecular weight excluding hydrogens is 771 g/mol. The van der Waals surface area contributed by atoms with Crippen LogP contribution in [0.4, 0.5) is 0 Å². The number of hydrogen-bond donors (Lipinski definition) is 0. The summed E-state index contributed by atoms with van der Waals surface area (Å²) in [5.41, 5.74) is 9.91. The molecule has 0 radical (unpaired) electrons. The largest absolute Gasteiger partial charge is 4.00 e. The van der Waals surface area contributed by atoms with Crippen molar-refractivity contribution in [3.05, 3.63) is 111 Å². The van der Waals surface area contributed by atoms with Gasteiger partial charge in [0.2, 0.25) is 0 Å². The van der Waals surface area contributed by atoms with Crippen molar-refractivity contribution in [1.82, 2.24) is 0 Å². The number of rotatable bonds is 5. The van der Waals surface area contributed by atoms with Crippen LogP contribution in [-0.2, 0) is 54.2 Å². The van der Waals surface area contributed by atoms with Gasteiger partial charge < -0.3 is 37.2 Å². The first-order valence-electron chi connectivity index (χ1n) is 19.3. The fourth-order valence-electron chi connectivity index (χ4n) is 7.15. The maximum absolute atomic E-state index is 4.17. The van der Waals surface area contributed by atoms with Gasteiger partial charge in [-0.05, 0) is 81.4 Å². The van der Waals surface area contributed by atoms with Gasteiger partial charge in [-0.25, -0.2) is 11.6 Å². The molecule has 0 nitrogen and oxygen atoms in total. The third kappa shape index (κ3) is 11.3. The fourth-order valence-corrected chi connectivity index (χ4v) is 12.2. The van der Waals surface area contributed by atoms with Crippen LogP contribution in [0.15, 0.2) is 71.4 Å². The summed E-state index contributed by atoms with van der Waals surface area (Å²) < 4.78 is 0. The third-order valence-electron chi connectivity index (χ3n) is 11.0. The predicted octanol–water partition coefficient (Wildman–Crippen LogP) is 2.96. The zero-order chi connectivity index (χ0) is 38.0. The summed E-state index contributed by atoms with van der Waals surface area (Å²) in [5.74, 6) is 0. The summed E-state index contributed by atoms with van der Waals surface area (Å²) in [4.78, 5) is 0. The first-order chi connectivity index (χ1) is 22.5. The van der Waals surface area contributed by atoms with Crippen molar-refractivity contribution >= 4 is 23.6 Å². The smallest absolute Gasteiger partial charge is 1.00 e. The second-order valence-electron chi connectivity index (χ2n) is 21.5. The Bertz CT molecular complexity index is 1530. The van der Waals surface area contributed by atoms with E-state index in [-0.39, 0.29) is 91.4 Å². The van der Waals surface area contributed by atoms with E-state index >= 15 is 0 Å². The van der Waals surface area contributed by atoms with E-state index in [9.17, 15) is 0 Å². The Morgan fingerprint density at radius 2 is 0.648 bits per heavy atom. The van der Waals surface area contributed by atoms with E-state index in [2.05, 4.69) is 198 Å². The van der Waals surface area contributed by atoms with E-state index in [4.69, 9.17) is 0 Å². The van der Waals surface area contributed by atoms with E-state index in [1.54, 1.807) is 0 Å². The average Bonchev–Trinajstić information content (AvgIpc) is 3.44. The number of hydrogen-bond acceptors (Lipinski definition) is 0. The van der Waals surface area contributed by atoms with Crippen molar-refractivity contribution in [3.8, 4) is 0 Å². The van der Waals surface area contributed by atoms with Crippen LogP contribution in [0.1, 0.15) is 178 Å². The molecular formula is C49H71Cl3SiTi. The molecule has 1 aliphatic carbocycles. The topological polar surface area (TPSA) is 0 Å². The van der Waals surface area contributed by atoms with Gasteiger partial charge in [0.1, 0.15) is 0 Å². The molecule has 54 heavy (non-hydrogen) atoms. The summed E-state index contributed by atoms with van der Waals surface area (Å²) in [6, 6.07) is 23.3. The van der Waals surface area contributed by atoms with Gasteiger partial charge in [-0.1, -0.05) is 199 Å². The molecule has 0 N–H and O–H groups in total. The van der Waals surface area contributed by atoms with Crippen molar-refractivity contribution in [2.45, 2.75) is 177 Å². The molecule has 0 unspecified atom stereocenters. The fraction of sp³-hybridized carbons (Fsp3) is 0.551. The van der Waals surface area contributed by atoms with Crippen molar-refractivity contribution < 1.29 is 58.9 Å². The van der Waals surface area contributed by atoms with Crippen molar-refractivity contribution in [2.24, 2.45) is 0 Å². The first-order valence-corrected chi connectivity index (χ1v) is 21.3. The predicted molar refractivity (Wildman–Crippen MR) is 226 cm³/mol. The summed E-state index contributed by atoms with van der Waals surface area (Å²) in [6.07, 6.45) is 8.61. The zero-order valence-corrected chi connectivity index (χ0v) is 42.2. The van der Waals surface area contributed by atoms with Crippen molar-refractivity contribution in [1.29, 1.82) is 0 Å². The molecule has 4 rings (SSSR count). The van der Waals surface area contributed by atoms with Crippen LogP contribution in [0.2, 0.25) is 0 Å². The molecule has 0 heterocycles. The zero-order valence-electron chi connectivity index (χ0n) is 37.3. The van der Waals surface area contributed by atoms with Gasteiger partial charge >= 0.3 is 21.7 Å². The minimum absolute atomic E-state index is 0. The van der Waals surface area contributed by atoms with Crippen LogP contribution in [0.25, 0.3) is 0 Å². The Morgan fingerprint density at radius 3 is 0.815 bits per heavy atom. The van der Waals surface area contributed by atoms with Gasteiger partial charge in [-0.3, -0.25) is 6.08 Å². The molecule has 296 valence electrons. The minimum Gasteiger partial charge on any atom is -1.00 e. The standard InChI is InChI=1S/C49H71Si.3ClH.Ti/c1-20-33-21-22-40(23-33)50(41-27-34(44(2,3)4)24-35(28-41)45(5,6)7,42-29-36(46(8,9)10)25-37(30-42)47(11,12)13)43-31-38(48(14,15)16)26-39(32-43)49(17,18)19;;;;/h21,24-32H,20,22H2,1-19H3;3*1H;/q-1;;;;+4/p-3. The second-order valence-corrected chi connectivity index (χ2v) is 25.4. The molecule has 0 aliphatic heterocycles. The molecule has 3 aromatic rings. The molecule has 0 amide bonds. The van der Waals surface area contributed by atoms with Gasteiger partial charge in [0.05, 0.1) is 0 Å². The van der Waals surface area contributed by atoms with Gasteiger partial charge in [0.15, 0.2) is 8.07 Å². The number of halogens is 3. The molecule has 5 heteroatoms. The SMILES string of the molecule is CCC1=CCC([Si](c2cc(C(C)(C)C)cc(C(C)(C)C)c2)(c2cc(C(C)(C)C)cc(C(C)(C)C)c2)c2cc(C(C)(C)C)cc(C(C)(C)C)c2)=[C-]1.[Cl-].[Cl-].[Cl-].[Ti+4]. The molecule has 0 atom stereocenters. The Balaban J connectivity index is 0.00000702. The molecule has 0 spiro atoms. The summed E-state index contributed by atoms with van der Waals surface area (Å²) in [5, 5.41) is 6.00. The van der Waals surface area contributed by atoms with Gasteiger partial charge in [0, 0.05) is 0 Å². The van der Waals surface area contributed by atoms with Crippen LogP contribution >= 0.6 is 0 Å². The quantitative estimate of drug-likeness (QED) is 0.211. The maximum Gasteiger partial charge on any atom is 4.00 e. The van der Waals surface area contributed by atoms with Crippen LogP contribution < -0.4 is 52.8 Å². The van der Waals surface area contributed by atoms with Crippen molar-refractivity contribution in [2.75, 3.05) is 0 Å². The van der Waals surface area contributed by atoms with Gasteiger partial charge in [0.25, 0.3) is 0 Å². The summed E-state index contributed by atoms with van der Waals surface area (Å²) in [7, 11) is -2.96. The Hall–Kier alpha value is -1.06. The number of benzene rings is 3. The maximum atomic E-state index is 4.17. The van der Waals surface area contributed by atoms with Gasteiger partial charge in [-0.2, -0.15) is 5.20 Å². The van der Waals surface area contributed by atoms with Crippen LogP contribution in [0.5, 0.6) is 0 Å². The van der Waals surface area contributed by atoms with Crippen LogP contribution in [-0.4, -0.2) is 8.07 Å². The Morgan fingerprint density at radius 1 is 0.426 bits per heavy atom. The Labute approximate surface area is 367 Å². The molecule has 0 bridgehead atoms. The van der Waals surface area contributed by atoms with E-state index in [1.165, 1.54) is 59.7 Å². The third-order valence-corrected chi connectivity index (χ3v) is 15.7. The van der Waals surface area contributed by atoms with E-state index in [0.717, 1.165) is 12.8 Å². The van der Waals surface area contributed by atoms with E-state index < -0.39 is 8.07 Å². The molecule has 0 saturated carbocycles. The molecule has 0 saturated heterocycles. The summed E-state index contributed by atoms with van der Waals surface area (Å²) >= 11 is 0. The number of allylic oxidation sites excluding steroid dienone is 4. The van der Waals surface area contributed by atoms with Crippen molar-refractivity contribution in [3.63, 3.8) is 0 Å². The minimum atomic E-state index is -2.96. The van der Waals surface area contributed by atoms with E-state index in [1.807, 2.05) is 0 Å². The Kier molecular flexibility index (Phi) is 17.5. The molecule has 3 aromatic carbocycles.